The molecule has 21 heavy (non-hydrogen) atoms. The van der Waals surface area contributed by atoms with Gasteiger partial charge in [-0.2, -0.15) is 0 Å². The van der Waals surface area contributed by atoms with Crippen molar-refractivity contribution >= 4 is 12.1 Å². The maximum absolute atomic E-state index is 12.2. The predicted octanol–water partition coefficient (Wildman–Crippen LogP) is 1.65. The van der Waals surface area contributed by atoms with Gasteiger partial charge in [-0.15, -0.1) is 0 Å². The molecule has 1 unspecified atom stereocenters. The number of carboxylic acid groups (broad SMARTS) is 1. The van der Waals surface area contributed by atoms with Crippen LogP contribution in [0.2, 0.25) is 0 Å². The zero-order valence-electron chi connectivity index (χ0n) is 12.3. The summed E-state index contributed by atoms with van der Waals surface area (Å²) >= 11 is 0. The molecule has 1 aromatic heterocycles. The van der Waals surface area contributed by atoms with Crippen LogP contribution in [0.3, 0.4) is 0 Å². The minimum Gasteiger partial charge on any atom is -0.480 e. The molecule has 1 saturated heterocycles. The lowest BCUT2D eigenvalue weighted by atomic mass is 9.99. The molecule has 7 nitrogen and oxygen atoms in total. The summed E-state index contributed by atoms with van der Waals surface area (Å²) in [5.41, 5.74) is 0.170. The Morgan fingerprint density at radius 2 is 1.95 bits per heavy atom. The average molecular weight is 293 g/mol. The molecule has 7 heteroatoms. The van der Waals surface area contributed by atoms with Gasteiger partial charge in [-0.1, -0.05) is 0 Å². The highest BCUT2D eigenvalue weighted by molar-refractivity contribution is 5.81. The number of carbonyl (C=O) groups excluding carboxylic acids is 1. The highest BCUT2D eigenvalue weighted by Gasteiger charge is 2.42. The van der Waals surface area contributed by atoms with Gasteiger partial charge < -0.3 is 9.84 Å². The molecule has 1 fully saturated rings. The summed E-state index contributed by atoms with van der Waals surface area (Å²) in [5, 5.41) is 9.31. The van der Waals surface area contributed by atoms with Crippen LogP contribution in [0.4, 0.5) is 4.79 Å². The van der Waals surface area contributed by atoms with Crippen LogP contribution in [0, 0.1) is 0 Å². The Balaban J connectivity index is 2.16. The summed E-state index contributed by atoms with van der Waals surface area (Å²) in [6, 6.07) is -0.884. The lowest BCUT2D eigenvalue weighted by Gasteiger charge is -2.26. The van der Waals surface area contributed by atoms with Crippen LogP contribution in [-0.2, 0) is 9.53 Å². The number of carbonyl (C=O) groups is 2. The van der Waals surface area contributed by atoms with Crippen molar-refractivity contribution in [2.45, 2.75) is 44.8 Å². The van der Waals surface area contributed by atoms with E-state index in [9.17, 15) is 14.7 Å². The summed E-state index contributed by atoms with van der Waals surface area (Å²) in [6.07, 6.45) is 4.44. The number of aliphatic carboxylic acids is 1. The fraction of sp³-hybridized carbons (Fsp3) is 0.571. The number of carboxylic acids is 1. The molecule has 1 aliphatic heterocycles. The van der Waals surface area contributed by atoms with Crippen LogP contribution < -0.4 is 0 Å². The van der Waals surface area contributed by atoms with Gasteiger partial charge >= 0.3 is 12.1 Å². The minimum absolute atomic E-state index is 0.0974. The monoisotopic (exact) mass is 293 g/mol. The molecule has 1 N–H and O–H groups in total. The molecule has 114 valence electrons. The number of amides is 1. The quantitative estimate of drug-likeness (QED) is 0.891. The number of nitrogens with zero attached hydrogens (tertiary/aromatic N) is 3. The molecule has 2 rings (SSSR count). The van der Waals surface area contributed by atoms with E-state index in [1.165, 1.54) is 11.2 Å². The van der Waals surface area contributed by atoms with E-state index in [0.717, 1.165) is 5.56 Å². The van der Waals surface area contributed by atoms with Crippen LogP contribution in [0.5, 0.6) is 0 Å². The zero-order valence-corrected chi connectivity index (χ0v) is 12.3. The predicted molar refractivity (Wildman–Crippen MR) is 73.8 cm³/mol. The van der Waals surface area contributed by atoms with Gasteiger partial charge in [0.05, 0.1) is 0 Å². The number of rotatable bonds is 2. The second-order valence-corrected chi connectivity index (χ2v) is 6.09. The van der Waals surface area contributed by atoms with Crippen LogP contribution in [-0.4, -0.2) is 50.2 Å². The molecule has 1 aliphatic rings. The molecule has 0 spiro atoms. The van der Waals surface area contributed by atoms with E-state index in [0.29, 0.717) is 13.0 Å². The summed E-state index contributed by atoms with van der Waals surface area (Å²) in [7, 11) is 0. The fourth-order valence-corrected chi connectivity index (χ4v) is 2.36. The molecule has 0 radical (unpaired) electrons. The van der Waals surface area contributed by atoms with Crippen molar-refractivity contribution in [2.75, 3.05) is 6.54 Å². The number of likely N-dealkylation sites (tertiary alicyclic amines) is 1. The van der Waals surface area contributed by atoms with E-state index < -0.39 is 23.7 Å². The standard InChI is InChI=1S/C14H19N3O4/c1-14(2,3)21-13(20)17-7-9(4-11(17)12(18)19)10-5-15-8-16-6-10/h5-6,8-9,11H,4,7H2,1-3H3,(H,18,19)/t9?,11-/m1/s1. The topological polar surface area (TPSA) is 92.6 Å². The normalized spacial score (nSPS) is 22.1. The van der Waals surface area contributed by atoms with Gasteiger partial charge in [0.1, 0.15) is 18.0 Å². The largest absolute Gasteiger partial charge is 0.480 e. The molecular formula is C14H19N3O4. The van der Waals surface area contributed by atoms with E-state index in [-0.39, 0.29) is 5.92 Å². The molecule has 0 bridgehead atoms. The van der Waals surface area contributed by atoms with Crippen molar-refractivity contribution in [1.82, 2.24) is 14.9 Å². The van der Waals surface area contributed by atoms with Crippen molar-refractivity contribution in [3.05, 3.63) is 24.3 Å². The van der Waals surface area contributed by atoms with Gasteiger partial charge in [0.2, 0.25) is 0 Å². The number of hydrogen-bond donors (Lipinski definition) is 1. The second-order valence-electron chi connectivity index (χ2n) is 6.09. The third-order valence-electron chi connectivity index (χ3n) is 3.27. The first-order chi connectivity index (χ1) is 9.78. The SMILES string of the molecule is CC(C)(C)OC(=O)N1CC(c2cncnc2)C[C@@H]1C(=O)O. The van der Waals surface area contributed by atoms with E-state index >= 15 is 0 Å². The van der Waals surface area contributed by atoms with Crippen LogP contribution in [0.1, 0.15) is 38.7 Å². The molecule has 0 aliphatic carbocycles. The van der Waals surface area contributed by atoms with Crippen molar-refractivity contribution < 1.29 is 19.4 Å². The first kappa shape index (κ1) is 15.2. The van der Waals surface area contributed by atoms with Crippen LogP contribution in [0.25, 0.3) is 0 Å². The third kappa shape index (κ3) is 3.68. The number of aromatic nitrogens is 2. The molecule has 1 aromatic rings. The summed E-state index contributed by atoms with van der Waals surface area (Å²) in [6.45, 7) is 5.54. The van der Waals surface area contributed by atoms with Crippen molar-refractivity contribution in [1.29, 1.82) is 0 Å². The molecule has 0 aromatic carbocycles. The van der Waals surface area contributed by atoms with Gasteiger partial charge in [-0.25, -0.2) is 19.6 Å². The van der Waals surface area contributed by atoms with Gasteiger partial charge in [0.15, 0.2) is 0 Å². The van der Waals surface area contributed by atoms with Gasteiger partial charge in [-0.05, 0) is 32.8 Å². The van der Waals surface area contributed by atoms with Gasteiger partial charge in [-0.3, -0.25) is 4.90 Å². The highest BCUT2D eigenvalue weighted by atomic mass is 16.6. The van der Waals surface area contributed by atoms with E-state index in [1.807, 2.05) is 0 Å². The smallest absolute Gasteiger partial charge is 0.411 e. The Morgan fingerprint density at radius 3 is 2.48 bits per heavy atom. The lowest BCUT2D eigenvalue weighted by Crippen LogP contribution is -2.43. The Kier molecular flexibility index (Phi) is 4.11. The maximum Gasteiger partial charge on any atom is 0.411 e. The number of hydrogen-bond acceptors (Lipinski definition) is 5. The third-order valence-corrected chi connectivity index (χ3v) is 3.27. The molecular weight excluding hydrogens is 274 g/mol. The first-order valence-corrected chi connectivity index (χ1v) is 6.75. The summed E-state index contributed by atoms with van der Waals surface area (Å²) < 4.78 is 5.28. The Bertz CT molecular complexity index is 527. The summed E-state index contributed by atoms with van der Waals surface area (Å²) in [4.78, 5) is 32.7. The van der Waals surface area contributed by atoms with E-state index in [2.05, 4.69) is 9.97 Å². The van der Waals surface area contributed by atoms with E-state index in [4.69, 9.17) is 4.74 Å². The lowest BCUT2D eigenvalue weighted by molar-refractivity contribution is -0.142. The van der Waals surface area contributed by atoms with Crippen molar-refractivity contribution in [3.63, 3.8) is 0 Å². The first-order valence-electron chi connectivity index (χ1n) is 6.75. The number of ether oxygens (including phenoxy) is 1. The van der Waals surface area contributed by atoms with E-state index in [1.54, 1.807) is 33.2 Å². The molecule has 2 atom stereocenters. The molecule has 0 saturated carbocycles. The fourth-order valence-electron chi connectivity index (χ4n) is 2.36. The Hall–Kier alpha value is -2.18. The van der Waals surface area contributed by atoms with Gasteiger partial charge in [0.25, 0.3) is 0 Å². The van der Waals surface area contributed by atoms with Crippen molar-refractivity contribution in [3.8, 4) is 0 Å². The Morgan fingerprint density at radius 1 is 1.33 bits per heavy atom. The summed E-state index contributed by atoms with van der Waals surface area (Å²) in [5.74, 6) is -1.12. The van der Waals surface area contributed by atoms with Gasteiger partial charge in [0, 0.05) is 24.9 Å². The zero-order chi connectivity index (χ0) is 15.6. The average Bonchev–Trinajstić information content (AvgIpc) is 2.83. The second kappa shape index (κ2) is 5.67. The van der Waals surface area contributed by atoms with Crippen LogP contribution in [0.15, 0.2) is 18.7 Å². The molecule has 1 amide bonds. The highest BCUT2D eigenvalue weighted by Crippen LogP contribution is 2.32. The molecule has 2 heterocycles. The maximum atomic E-state index is 12.2. The Labute approximate surface area is 123 Å². The minimum atomic E-state index is -1.03. The van der Waals surface area contributed by atoms with Crippen molar-refractivity contribution in [2.24, 2.45) is 0 Å². The van der Waals surface area contributed by atoms with Crippen LogP contribution >= 0.6 is 0 Å².